The highest BCUT2D eigenvalue weighted by atomic mass is 16.5. The van der Waals surface area contributed by atoms with Crippen LogP contribution in [0.15, 0.2) is 18.2 Å². The lowest BCUT2D eigenvalue weighted by molar-refractivity contribution is -0.134. The van der Waals surface area contributed by atoms with Crippen LogP contribution in [0.5, 0.6) is 5.75 Å². The minimum absolute atomic E-state index is 0.0593. The Balaban J connectivity index is 2.45. The molecule has 0 heterocycles. The Kier molecular flexibility index (Phi) is 6.02. The summed E-state index contributed by atoms with van der Waals surface area (Å²) < 4.78 is 5.70. The van der Waals surface area contributed by atoms with Gasteiger partial charge in [0, 0.05) is 13.1 Å². The zero-order chi connectivity index (χ0) is 15.3. The summed E-state index contributed by atoms with van der Waals surface area (Å²) in [5.74, 6) is 0.744. The summed E-state index contributed by atoms with van der Waals surface area (Å²) in [4.78, 5) is 13.7. The molecule has 4 nitrogen and oxygen atoms in total. The smallest absolute Gasteiger partial charge is 0.226 e. The van der Waals surface area contributed by atoms with Crippen molar-refractivity contribution in [1.29, 1.82) is 0 Å². The van der Waals surface area contributed by atoms with Gasteiger partial charge >= 0.3 is 0 Å². The van der Waals surface area contributed by atoms with E-state index in [0.29, 0.717) is 13.2 Å². The molecule has 0 aliphatic carbocycles. The number of hydrogen-bond acceptors (Lipinski definition) is 3. The maximum absolute atomic E-state index is 12.0. The molecule has 2 N–H and O–H groups in total. The van der Waals surface area contributed by atoms with Gasteiger partial charge in [0.1, 0.15) is 12.4 Å². The molecule has 0 aliphatic heterocycles. The van der Waals surface area contributed by atoms with Crippen molar-refractivity contribution in [2.45, 2.75) is 33.7 Å². The van der Waals surface area contributed by atoms with Gasteiger partial charge in [-0.05, 0) is 44.0 Å². The zero-order valence-corrected chi connectivity index (χ0v) is 13.1. The number of hydrogen-bond donors (Lipinski definition) is 1. The quantitative estimate of drug-likeness (QED) is 0.867. The Labute approximate surface area is 121 Å². The molecule has 1 aromatic carbocycles. The number of nitrogens with zero attached hydrogens (tertiary/aromatic N) is 1. The third-order valence-corrected chi connectivity index (χ3v) is 3.45. The Hall–Kier alpha value is -1.55. The fraction of sp³-hybridized carbons (Fsp3) is 0.562. The first kappa shape index (κ1) is 16.5. The van der Waals surface area contributed by atoms with Crippen LogP contribution in [0.2, 0.25) is 0 Å². The number of ether oxygens (including phenoxy) is 1. The molecule has 0 saturated carbocycles. The van der Waals surface area contributed by atoms with E-state index < -0.39 is 0 Å². The molecular weight excluding hydrogens is 252 g/mol. The average Bonchev–Trinajstić information content (AvgIpc) is 2.35. The van der Waals surface area contributed by atoms with Crippen molar-refractivity contribution in [2.75, 3.05) is 20.2 Å². The molecule has 4 heteroatoms. The maximum Gasteiger partial charge on any atom is 0.226 e. The second-order valence-electron chi connectivity index (χ2n) is 5.58. The van der Waals surface area contributed by atoms with Crippen LogP contribution < -0.4 is 10.5 Å². The monoisotopic (exact) mass is 278 g/mol. The lowest BCUT2D eigenvalue weighted by Gasteiger charge is -2.23. The first-order chi connectivity index (χ1) is 9.31. The van der Waals surface area contributed by atoms with Crippen LogP contribution in [0.1, 0.15) is 25.0 Å². The molecule has 0 aromatic heterocycles. The van der Waals surface area contributed by atoms with Crippen molar-refractivity contribution in [3.8, 4) is 5.75 Å². The molecule has 1 amide bonds. The van der Waals surface area contributed by atoms with E-state index in [1.165, 1.54) is 11.1 Å². The Bertz CT molecular complexity index is 438. The summed E-state index contributed by atoms with van der Waals surface area (Å²) in [6.45, 7) is 8.83. The molecule has 0 saturated heterocycles. The van der Waals surface area contributed by atoms with Crippen molar-refractivity contribution in [1.82, 2.24) is 4.90 Å². The summed E-state index contributed by atoms with van der Waals surface area (Å²) in [6, 6.07) is 5.97. The molecule has 0 radical (unpaired) electrons. The van der Waals surface area contributed by atoms with E-state index in [9.17, 15) is 4.79 Å². The highest BCUT2D eigenvalue weighted by Crippen LogP contribution is 2.16. The number of carbonyl (C=O) groups excluding carboxylic acids is 1. The molecule has 112 valence electrons. The summed E-state index contributed by atoms with van der Waals surface area (Å²) in [5.41, 5.74) is 8.10. The Morgan fingerprint density at radius 3 is 2.30 bits per heavy atom. The Morgan fingerprint density at radius 2 is 1.80 bits per heavy atom. The van der Waals surface area contributed by atoms with Crippen molar-refractivity contribution >= 4 is 5.91 Å². The molecule has 0 aliphatic rings. The number of likely N-dealkylation sites (N-methyl/N-ethyl adjacent to an activating group) is 1. The Morgan fingerprint density at radius 1 is 1.25 bits per heavy atom. The largest absolute Gasteiger partial charge is 0.492 e. The van der Waals surface area contributed by atoms with E-state index in [1.807, 2.05) is 39.8 Å². The van der Waals surface area contributed by atoms with E-state index in [2.05, 4.69) is 6.07 Å². The van der Waals surface area contributed by atoms with Gasteiger partial charge in [0.15, 0.2) is 0 Å². The van der Waals surface area contributed by atoms with E-state index in [0.717, 1.165) is 5.75 Å². The minimum Gasteiger partial charge on any atom is -0.492 e. The molecule has 20 heavy (non-hydrogen) atoms. The SMILES string of the molecule is Cc1cc(C)cc(OCCN(C)C(=O)C(C)C(C)N)c1. The first-order valence-corrected chi connectivity index (χ1v) is 7.03. The maximum atomic E-state index is 12.0. The molecule has 1 aromatic rings. The van der Waals surface area contributed by atoms with Gasteiger partial charge in [0.25, 0.3) is 0 Å². The van der Waals surface area contributed by atoms with Crippen LogP contribution in [0.3, 0.4) is 0 Å². The number of nitrogens with two attached hydrogens (primary N) is 1. The van der Waals surface area contributed by atoms with Crippen molar-refractivity contribution < 1.29 is 9.53 Å². The molecule has 0 fully saturated rings. The predicted molar refractivity (Wildman–Crippen MR) is 81.9 cm³/mol. The minimum atomic E-state index is -0.166. The van der Waals surface area contributed by atoms with Crippen LogP contribution in [0, 0.1) is 19.8 Å². The van der Waals surface area contributed by atoms with Crippen molar-refractivity contribution in [3.05, 3.63) is 29.3 Å². The topological polar surface area (TPSA) is 55.6 Å². The van der Waals surface area contributed by atoms with E-state index in [4.69, 9.17) is 10.5 Å². The van der Waals surface area contributed by atoms with Crippen molar-refractivity contribution in [3.63, 3.8) is 0 Å². The van der Waals surface area contributed by atoms with Crippen LogP contribution in [0.4, 0.5) is 0 Å². The van der Waals surface area contributed by atoms with Gasteiger partial charge in [-0.3, -0.25) is 4.79 Å². The molecule has 1 rings (SSSR count). The second-order valence-corrected chi connectivity index (χ2v) is 5.58. The summed E-state index contributed by atoms with van der Waals surface area (Å²) in [5, 5.41) is 0. The highest BCUT2D eigenvalue weighted by molar-refractivity contribution is 5.78. The number of carbonyl (C=O) groups is 1. The third kappa shape index (κ3) is 4.85. The molecular formula is C16H26N2O2. The number of rotatable bonds is 6. The average molecular weight is 278 g/mol. The van der Waals surface area contributed by atoms with Crippen molar-refractivity contribution in [2.24, 2.45) is 11.7 Å². The fourth-order valence-electron chi connectivity index (χ4n) is 2.00. The molecule has 2 atom stereocenters. The lowest BCUT2D eigenvalue weighted by atomic mass is 10.0. The van der Waals surface area contributed by atoms with Gasteiger partial charge in [0.05, 0.1) is 12.5 Å². The molecule has 2 unspecified atom stereocenters. The van der Waals surface area contributed by atoms with Gasteiger partial charge in [0.2, 0.25) is 5.91 Å². The predicted octanol–water partition coefficient (Wildman–Crippen LogP) is 2.12. The third-order valence-electron chi connectivity index (χ3n) is 3.45. The lowest BCUT2D eigenvalue weighted by Crippen LogP contribution is -2.41. The van der Waals surface area contributed by atoms with E-state index in [-0.39, 0.29) is 17.9 Å². The number of aryl methyl sites for hydroxylation is 2. The summed E-state index contributed by atoms with van der Waals surface area (Å²) in [6.07, 6.45) is 0. The number of amides is 1. The van der Waals surface area contributed by atoms with Gasteiger partial charge < -0.3 is 15.4 Å². The molecule has 0 spiro atoms. The normalized spacial score (nSPS) is 13.7. The summed E-state index contributed by atoms with van der Waals surface area (Å²) >= 11 is 0. The standard InChI is InChI=1S/C16H26N2O2/c1-11-8-12(2)10-15(9-11)20-7-6-18(5)16(19)13(3)14(4)17/h8-10,13-14H,6-7,17H2,1-5H3. The second kappa shape index (κ2) is 7.29. The van der Waals surface area contributed by atoms with Crippen LogP contribution >= 0.6 is 0 Å². The van der Waals surface area contributed by atoms with Gasteiger partial charge in [-0.1, -0.05) is 13.0 Å². The van der Waals surface area contributed by atoms with Gasteiger partial charge in [-0.15, -0.1) is 0 Å². The summed E-state index contributed by atoms with van der Waals surface area (Å²) in [7, 11) is 1.78. The van der Waals surface area contributed by atoms with Crippen LogP contribution in [0.25, 0.3) is 0 Å². The van der Waals surface area contributed by atoms with Crippen LogP contribution in [-0.2, 0) is 4.79 Å². The zero-order valence-electron chi connectivity index (χ0n) is 13.1. The molecule has 0 bridgehead atoms. The van der Waals surface area contributed by atoms with Crippen LogP contribution in [-0.4, -0.2) is 37.0 Å². The fourth-order valence-corrected chi connectivity index (χ4v) is 2.00. The highest BCUT2D eigenvalue weighted by Gasteiger charge is 2.20. The van der Waals surface area contributed by atoms with E-state index >= 15 is 0 Å². The first-order valence-electron chi connectivity index (χ1n) is 7.03. The van der Waals surface area contributed by atoms with E-state index in [1.54, 1.807) is 11.9 Å². The van der Waals surface area contributed by atoms with Gasteiger partial charge in [-0.2, -0.15) is 0 Å². The number of benzene rings is 1. The van der Waals surface area contributed by atoms with Gasteiger partial charge in [-0.25, -0.2) is 0 Å².